The van der Waals surface area contributed by atoms with Gasteiger partial charge in [-0.1, -0.05) is 12.1 Å². The summed E-state index contributed by atoms with van der Waals surface area (Å²) in [6.07, 6.45) is -0.752. The summed E-state index contributed by atoms with van der Waals surface area (Å²) in [5, 5.41) is 8.89. The van der Waals surface area contributed by atoms with Gasteiger partial charge in [-0.2, -0.15) is 9.98 Å². The highest BCUT2D eigenvalue weighted by Crippen LogP contribution is 2.14. The number of hydrogen-bond donors (Lipinski definition) is 1. The molecule has 0 unspecified atom stereocenters. The number of carbonyl (C=O) groups excluding carboxylic acids is 2. The average molecular weight is 324 g/mol. The van der Waals surface area contributed by atoms with E-state index in [1.54, 1.807) is 6.07 Å². The molecule has 1 aliphatic rings. The third-order valence-electron chi connectivity index (χ3n) is 2.86. The molecule has 0 aliphatic carbocycles. The van der Waals surface area contributed by atoms with Gasteiger partial charge in [-0.15, -0.1) is 0 Å². The van der Waals surface area contributed by atoms with Crippen LogP contribution in [0, 0.1) is 11.3 Å². The van der Waals surface area contributed by atoms with Crippen molar-refractivity contribution < 1.29 is 27.5 Å². The Bertz CT molecular complexity index is 737. The van der Waals surface area contributed by atoms with Crippen LogP contribution in [0.3, 0.4) is 0 Å². The molecule has 1 aromatic rings. The highest BCUT2D eigenvalue weighted by atomic mass is 32.2. The van der Waals surface area contributed by atoms with Crippen LogP contribution in [-0.4, -0.2) is 39.6 Å². The lowest BCUT2D eigenvalue weighted by Gasteiger charge is -2.10. The SMILES string of the molecule is N#Cc1ccccc1S(=O)(=O)NCC(=O)O[C@H]1CCOC1=O. The predicted octanol–water partition coefficient (Wildman–Crippen LogP) is -0.305. The molecule has 1 heterocycles. The van der Waals surface area contributed by atoms with E-state index in [1.807, 2.05) is 4.72 Å². The molecule has 0 bridgehead atoms. The number of hydrogen-bond acceptors (Lipinski definition) is 7. The molecular weight excluding hydrogens is 312 g/mol. The monoisotopic (exact) mass is 324 g/mol. The fourth-order valence-corrected chi connectivity index (χ4v) is 2.93. The Morgan fingerprint density at radius 2 is 2.18 bits per heavy atom. The normalized spacial score (nSPS) is 17.6. The van der Waals surface area contributed by atoms with Gasteiger partial charge in [0.1, 0.15) is 12.6 Å². The summed E-state index contributed by atoms with van der Waals surface area (Å²) in [6, 6.07) is 7.34. The van der Waals surface area contributed by atoms with Crippen LogP contribution in [-0.2, 0) is 29.1 Å². The summed E-state index contributed by atoms with van der Waals surface area (Å²) in [5.41, 5.74) is -0.0391. The summed E-state index contributed by atoms with van der Waals surface area (Å²) in [4.78, 5) is 22.5. The third-order valence-corrected chi connectivity index (χ3v) is 4.32. The maximum absolute atomic E-state index is 12.1. The van der Waals surface area contributed by atoms with E-state index in [2.05, 4.69) is 4.74 Å². The van der Waals surface area contributed by atoms with E-state index in [9.17, 15) is 18.0 Å². The first-order valence-electron chi connectivity index (χ1n) is 6.29. The lowest BCUT2D eigenvalue weighted by atomic mass is 10.2. The summed E-state index contributed by atoms with van der Waals surface area (Å²) >= 11 is 0. The molecule has 1 aliphatic heterocycles. The zero-order valence-corrected chi connectivity index (χ0v) is 12.1. The second kappa shape index (κ2) is 6.55. The van der Waals surface area contributed by atoms with Crippen molar-refractivity contribution in [3.05, 3.63) is 29.8 Å². The minimum atomic E-state index is -4.03. The molecule has 116 valence electrons. The van der Waals surface area contributed by atoms with Crippen LogP contribution >= 0.6 is 0 Å². The molecule has 22 heavy (non-hydrogen) atoms. The van der Waals surface area contributed by atoms with Crippen LogP contribution in [0.15, 0.2) is 29.2 Å². The van der Waals surface area contributed by atoms with Crippen molar-refractivity contribution in [3.63, 3.8) is 0 Å². The average Bonchev–Trinajstić information content (AvgIpc) is 2.90. The molecule has 1 aromatic carbocycles. The number of nitrogens with zero attached hydrogens (tertiary/aromatic N) is 1. The fourth-order valence-electron chi connectivity index (χ4n) is 1.81. The van der Waals surface area contributed by atoms with E-state index in [0.717, 1.165) is 0 Å². The topological polar surface area (TPSA) is 123 Å². The van der Waals surface area contributed by atoms with Crippen molar-refractivity contribution in [2.45, 2.75) is 17.4 Å². The Hall–Kier alpha value is -2.44. The van der Waals surface area contributed by atoms with Gasteiger partial charge in [0, 0.05) is 6.42 Å². The minimum Gasteiger partial charge on any atom is -0.463 e. The molecule has 1 N–H and O–H groups in total. The first kappa shape index (κ1) is 15.9. The number of benzene rings is 1. The Kier molecular flexibility index (Phi) is 4.75. The van der Waals surface area contributed by atoms with E-state index in [0.29, 0.717) is 0 Å². The van der Waals surface area contributed by atoms with E-state index in [1.165, 1.54) is 24.3 Å². The molecule has 9 heteroatoms. The van der Waals surface area contributed by atoms with Crippen LogP contribution in [0.5, 0.6) is 0 Å². The number of nitriles is 1. The minimum absolute atomic E-state index is 0.0391. The molecule has 0 radical (unpaired) electrons. The number of esters is 2. The largest absolute Gasteiger partial charge is 0.463 e. The van der Waals surface area contributed by atoms with Crippen LogP contribution in [0.2, 0.25) is 0 Å². The fraction of sp³-hybridized carbons (Fsp3) is 0.308. The van der Waals surface area contributed by atoms with E-state index in [4.69, 9.17) is 10.00 Å². The maximum Gasteiger partial charge on any atom is 0.347 e. The lowest BCUT2D eigenvalue weighted by Crippen LogP contribution is -2.34. The zero-order chi connectivity index (χ0) is 16.2. The van der Waals surface area contributed by atoms with Gasteiger partial charge in [-0.3, -0.25) is 4.79 Å². The molecule has 8 nitrogen and oxygen atoms in total. The highest BCUT2D eigenvalue weighted by Gasteiger charge is 2.30. The molecule has 0 spiro atoms. The van der Waals surface area contributed by atoms with E-state index >= 15 is 0 Å². The number of cyclic esters (lactones) is 1. The molecular formula is C13H12N2O6S. The smallest absolute Gasteiger partial charge is 0.347 e. The van der Waals surface area contributed by atoms with Crippen molar-refractivity contribution in [2.24, 2.45) is 0 Å². The second-order valence-corrected chi connectivity index (χ2v) is 6.10. The predicted molar refractivity (Wildman–Crippen MR) is 71.8 cm³/mol. The summed E-state index contributed by atoms with van der Waals surface area (Å²) in [7, 11) is -4.03. The number of rotatable bonds is 5. The standard InChI is InChI=1S/C13H12N2O6S/c14-7-9-3-1-2-4-11(9)22(18,19)15-8-12(16)21-10-5-6-20-13(10)17/h1-4,10,15H,5-6,8H2/t10-/m0/s1. The lowest BCUT2D eigenvalue weighted by molar-refractivity contribution is -0.159. The molecule has 1 atom stereocenters. The Balaban J connectivity index is 1.99. The summed E-state index contributed by atoms with van der Waals surface area (Å²) in [6.45, 7) is -0.482. The van der Waals surface area contributed by atoms with Gasteiger partial charge in [0.15, 0.2) is 0 Å². The van der Waals surface area contributed by atoms with Crippen LogP contribution < -0.4 is 4.72 Å². The Morgan fingerprint density at radius 1 is 1.45 bits per heavy atom. The van der Waals surface area contributed by atoms with Gasteiger partial charge >= 0.3 is 11.9 Å². The van der Waals surface area contributed by atoms with Crippen LogP contribution in [0.4, 0.5) is 0 Å². The first-order valence-corrected chi connectivity index (χ1v) is 7.77. The summed E-state index contributed by atoms with van der Waals surface area (Å²) in [5.74, 6) is -1.55. The maximum atomic E-state index is 12.1. The molecule has 1 fully saturated rings. The number of nitrogens with one attached hydrogen (secondary N) is 1. The van der Waals surface area contributed by atoms with Gasteiger partial charge in [0.2, 0.25) is 16.1 Å². The van der Waals surface area contributed by atoms with Crippen LogP contribution in [0.25, 0.3) is 0 Å². The van der Waals surface area contributed by atoms with Crippen molar-refractivity contribution in [1.82, 2.24) is 4.72 Å². The van der Waals surface area contributed by atoms with Gasteiger partial charge < -0.3 is 9.47 Å². The van der Waals surface area contributed by atoms with Crippen molar-refractivity contribution >= 4 is 22.0 Å². The zero-order valence-electron chi connectivity index (χ0n) is 11.3. The quantitative estimate of drug-likeness (QED) is 0.737. The number of ether oxygens (including phenoxy) is 2. The number of carbonyl (C=O) groups is 2. The third kappa shape index (κ3) is 3.60. The molecule has 0 saturated carbocycles. The number of sulfonamides is 1. The first-order chi connectivity index (χ1) is 10.4. The van der Waals surface area contributed by atoms with Gasteiger partial charge in [-0.25, -0.2) is 13.2 Å². The van der Waals surface area contributed by atoms with E-state index in [-0.39, 0.29) is 23.5 Å². The second-order valence-electron chi connectivity index (χ2n) is 4.37. The van der Waals surface area contributed by atoms with Crippen molar-refractivity contribution in [2.75, 3.05) is 13.2 Å². The van der Waals surface area contributed by atoms with Gasteiger partial charge in [0.05, 0.1) is 17.1 Å². The molecule has 2 rings (SSSR count). The van der Waals surface area contributed by atoms with E-state index < -0.39 is 34.6 Å². The van der Waals surface area contributed by atoms with Crippen LogP contribution in [0.1, 0.15) is 12.0 Å². The van der Waals surface area contributed by atoms with Gasteiger partial charge in [-0.05, 0) is 12.1 Å². The molecule has 0 amide bonds. The highest BCUT2D eigenvalue weighted by molar-refractivity contribution is 7.89. The molecule has 0 aromatic heterocycles. The van der Waals surface area contributed by atoms with Crippen molar-refractivity contribution in [1.29, 1.82) is 5.26 Å². The molecule has 1 saturated heterocycles. The Labute approximate surface area is 126 Å². The van der Waals surface area contributed by atoms with Gasteiger partial charge in [0.25, 0.3) is 0 Å². The Morgan fingerprint density at radius 3 is 2.82 bits per heavy atom. The summed E-state index contributed by atoms with van der Waals surface area (Å²) < 4.78 is 35.6. The van der Waals surface area contributed by atoms with Crippen molar-refractivity contribution in [3.8, 4) is 6.07 Å².